The number of methoxy groups -OCH3 is 1. The molecule has 0 unspecified atom stereocenters. The van der Waals surface area contributed by atoms with Gasteiger partial charge in [0.2, 0.25) is 15.9 Å². The van der Waals surface area contributed by atoms with E-state index in [4.69, 9.17) is 4.74 Å². The Morgan fingerprint density at radius 3 is 2.39 bits per heavy atom. The van der Waals surface area contributed by atoms with Crippen molar-refractivity contribution in [3.05, 3.63) is 95.2 Å². The molecule has 1 heterocycles. The number of carbonyl (C=O) groups is 1. The summed E-state index contributed by atoms with van der Waals surface area (Å²) in [5.41, 5.74) is 1.94. The summed E-state index contributed by atoms with van der Waals surface area (Å²) in [4.78, 5) is 13.3. The van der Waals surface area contributed by atoms with Crippen molar-refractivity contribution in [2.75, 3.05) is 32.1 Å². The maximum Gasteiger partial charge on any atom is 0.243 e. The van der Waals surface area contributed by atoms with Crippen LogP contribution in [0.4, 0.5) is 10.2 Å². The molecule has 4 aromatic rings. The number of anilines is 1. The van der Waals surface area contributed by atoms with Gasteiger partial charge in [0.15, 0.2) is 0 Å². The highest BCUT2D eigenvalue weighted by Crippen LogP contribution is 2.25. The Hall–Kier alpha value is -3.38. The van der Waals surface area contributed by atoms with E-state index in [-0.39, 0.29) is 11.4 Å². The minimum Gasteiger partial charge on any atom is -0.385 e. The summed E-state index contributed by atoms with van der Waals surface area (Å²) in [6.45, 7) is 0.00920. The highest BCUT2D eigenvalue weighted by molar-refractivity contribution is 9.10. The maximum atomic E-state index is 13.6. The van der Waals surface area contributed by atoms with Crippen molar-refractivity contribution in [3.63, 3.8) is 0 Å². The van der Waals surface area contributed by atoms with Crippen LogP contribution in [0.3, 0.4) is 0 Å². The molecule has 0 spiro atoms. The zero-order valence-corrected chi connectivity index (χ0v) is 23.0. The number of halogens is 2. The monoisotopic (exact) mass is 600 g/mol. The molecule has 0 saturated carbocycles. The third kappa shape index (κ3) is 6.73. The second-order valence-electron chi connectivity index (χ2n) is 8.36. The molecule has 1 aromatic heterocycles. The summed E-state index contributed by atoms with van der Waals surface area (Å²) in [7, 11) is -2.43. The fourth-order valence-corrected chi connectivity index (χ4v) is 5.47. The van der Waals surface area contributed by atoms with Crippen LogP contribution in [-0.4, -0.2) is 55.2 Å². The molecule has 11 heteroatoms. The highest BCUT2D eigenvalue weighted by Gasteiger charge is 2.27. The van der Waals surface area contributed by atoms with Crippen LogP contribution in [0.1, 0.15) is 6.42 Å². The second-order valence-corrected chi connectivity index (χ2v) is 11.2. The van der Waals surface area contributed by atoms with E-state index in [9.17, 15) is 17.6 Å². The van der Waals surface area contributed by atoms with Gasteiger partial charge in [0.05, 0.1) is 22.8 Å². The zero-order valence-electron chi connectivity index (χ0n) is 20.6. The quantitative estimate of drug-likeness (QED) is 0.242. The molecule has 1 amide bonds. The van der Waals surface area contributed by atoms with Crippen molar-refractivity contribution in [1.82, 2.24) is 14.1 Å². The van der Waals surface area contributed by atoms with E-state index in [1.807, 2.05) is 30.3 Å². The molecule has 0 atom stereocenters. The molecule has 0 radical (unpaired) electrons. The smallest absolute Gasteiger partial charge is 0.243 e. The van der Waals surface area contributed by atoms with E-state index in [0.29, 0.717) is 30.2 Å². The summed E-state index contributed by atoms with van der Waals surface area (Å²) in [6, 6.07) is 23.0. The summed E-state index contributed by atoms with van der Waals surface area (Å²) >= 11 is 3.31. The predicted molar refractivity (Wildman–Crippen MR) is 147 cm³/mol. The predicted octanol–water partition coefficient (Wildman–Crippen LogP) is 5.11. The second kappa shape index (κ2) is 12.4. The molecule has 0 fully saturated rings. The van der Waals surface area contributed by atoms with Crippen LogP contribution in [-0.2, 0) is 19.6 Å². The van der Waals surface area contributed by atoms with Crippen LogP contribution in [0.2, 0.25) is 0 Å². The topological polar surface area (TPSA) is 93.5 Å². The fraction of sp³-hybridized carbons (Fsp3) is 0.185. The van der Waals surface area contributed by atoms with Crippen molar-refractivity contribution in [2.45, 2.75) is 11.3 Å². The Morgan fingerprint density at radius 1 is 1.05 bits per heavy atom. The lowest BCUT2D eigenvalue weighted by molar-refractivity contribution is -0.116. The van der Waals surface area contributed by atoms with Gasteiger partial charge in [0.25, 0.3) is 0 Å². The molecule has 1 N–H and O–H groups in total. The molecule has 0 bridgehead atoms. The van der Waals surface area contributed by atoms with Crippen molar-refractivity contribution < 1.29 is 22.3 Å². The lowest BCUT2D eigenvalue weighted by atomic mass is 10.2. The number of amides is 1. The molecule has 8 nitrogen and oxygen atoms in total. The number of aromatic nitrogens is 2. The number of hydrogen-bond acceptors (Lipinski definition) is 5. The van der Waals surface area contributed by atoms with E-state index in [1.54, 1.807) is 30.3 Å². The van der Waals surface area contributed by atoms with Gasteiger partial charge in [-0.05, 0) is 55.0 Å². The number of rotatable bonds is 11. The van der Waals surface area contributed by atoms with Crippen molar-refractivity contribution in [3.8, 4) is 16.9 Å². The van der Waals surface area contributed by atoms with Crippen LogP contribution in [0.5, 0.6) is 0 Å². The third-order valence-electron chi connectivity index (χ3n) is 5.64. The zero-order chi connectivity index (χ0) is 27.1. The lowest BCUT2D eigenvalue weighted by Crippen LogP contribution is -2.39. The maximum absolute atomic E-state index is 13.6. The molecule has 0 saturated heterocycles. The Morgan fingerprint density at radius 2 is 1.74 bits per heavy atom. The van der Waals surface area contributed by atoms with E-state index < -0.39 is 28.3 Å². The summed E-state index contributed by atoms with van der Waals surface area (Å²) in [5.74, 6) is -0.635. The number of nitrogens with one attached hydrogen (secondary N) is 1. The fourth-order valence-electron chi connectivity index (χ4n) is 3.77. The highest BCUT2D eigenvalue weighted by atomic mass is 79.9. The molecule has 0 aliphatic heterocycles. The number of carbonyl (C=O) groups excluding carboxylic acids is 1. The first kappa shape index (κ1) is 27.6. The van der Waals surface area contributed by atoms with Crippen LogP contribution >= 0.6 is 15.9 Å². The third-order valence-corrected chi connectivity index (χ3v) is 8.03. The Balaban J connectivity index is 1.62. The van der Waals surface area contributed by atoms with Gasteiger partial charge >= 0.3 is 0 Å². The van der Waals surface area contributed by atoms with Crippen LogP contribution in [0, 0.1) is 5.82 Å². The van der Waals surface area contributed by atoms with E-state index >= 15 is 0 Å². The molecule has 198 valence electrons. The number of benzene rings is 3. The van der Waals surface area contributed by atoms with Gasteiger partial charge in [-0.15, -0.1) is 0 Å². The van der Waals surface area contributed by atoms with E-state index in [1.165, 1.54) is 36.1 Å². The molecule has 0 aliphatic rings. The lowest BCUT2D eigenvalue weighted by Gasteiger charge is -2.22. The Kier molecular flexibility index (Phi) is 9.05. The first-order chi connectivity index (χ1) is 18.3. The number of hydrogen-bond donors (Lipinski definition) is 1. The summed E-state index contributed by atoms with van der Waals surface area (Å²) in [5, 5.41) is 7.39. The normalized spacial score (nSPS) is 11.6. The average Bonchev–Trinajstić information content (AvgIpc) is 3.33. The van der Waals surface area contributed by atoms with Gasteiger partial charge in [-0.1, -0.05) is 46.3 Å². The van der Waals surface area contributed by atoms with Crippen molar-refractivity contribution >= 4 is 37.7 Å². The van der Waals surface area contributed by atoms with Crippen molar-refractivity contribution in [1.29, 1.82) is 0 Å². The van der Waals surface area contributed by atoms with Gasteiger partial charge in [0, 0.05) is 36.4 Å². The van der Waals surface area contributed by atoms with Gasteiger partial charge in [-0.3, -0.25) is 4.79 Å². The largest absolute Gasteiger partial charge is 0.385 e. The molecule has 4 rings (SSSR count). The van der Waals surface area contributed by atoms with Crippen LogP contribution in [0.15, 0.2) is 94.3 Å². The van der Waals surface area contributed by atoms with Gasteiger partial charge in [0.1, 0.15) is 11.6 Å². The Labute approximate surface area is 229 Å². The summed E-state index contributed by atoms with van der Waals surface area (Å²) in [6.07, 6.45) is 0.408. The minimum absolute atomic E-state index is 0.0774. The number of nitrogens with zero attached hydrogens (tertiary/aromatic N) is 3. The van der Waals surface area contributed by atoms with E-state index in [2.05, 4.69) is 26.3 Å². The van der Waals surface area contributed by atoms with Gasteiger partial charge in [-0.25, -0.2) is 17.5 Å². The number of ether oxygens (including phenoxy) is 1. The van der Waals surface area contributed by atoms with Gasteiger partial charge < -0.3 is 10.1 Å². The van der Waals surface area contributed by atoms with Gasteiger partial charge in [-0.2, -0.15) is 9.40 Å². The molecule has 0 aliphatic carbocycles. The SMILES string of the molecule is COCCCN(CC(=O)Nc1cc(-c2ccccc2)nn1-c1ccc(F)cc1)S(=O)(=O)c1ccc(Br)cc1. The minimum atomic E-state index is -3.96. The molecule has 38 heavy (non-hydrogen) atoms. The first-order valence-corrected chi connectivity index (χ1v) is 14.0. The van der Waals surface area contributed by atoms with Crippen LogP contribution < -0.4 is 5.32 Å². The van der Waals surface area contributed by atoms with Crippen molar-refractivity contribution in [2.24, 2.45) is 0 Å². The standard InChI is InChI=1S/C27H26BrFN4O4S/c1-37-17-5-16-32(38(35,36)24-14-8-21(28)9-15-24)19-27(34)30-26-18-25(20-6-3-2-4-7-20)31-33(26)23-12-10-22(29)11-13-23/h2-4,6-15,18H,5,16-17,19H2,1H3,(H,30,34). The molecular weight excluding hydrogens is 575 g/mol. The van der Waals surface area contributed by atoms with E-state index in [0.717, 1.165) is 14.3 Å². The Bertz CT molecular complexity index is 1480. The molecule has 3 aromatic carbocycles. The average molecular weight is 601 g/mol. The summed E-state index contributed by atoms with van der Waals surface area (Å²) < 4.78 is 48.7. The van der Waals surface area contributed by atoms with Crippen LogP contribution in [0.25, 0.3) is 16.9 Å². The number of sulfonamides is 1. The first-order valence-electron chi connectivity index (χ1n) is 11.7. The molecular formula is C27H26BrFN4O4S.